The highest BCUT2D eigenvalue weighted by Crippen LogP contribution is 2.58. The zero-order valence-electron chi connectivity index (χ0n) is 16.5. The van der Waals surface area contributed by atoms with Gasteiger partial charge in [-0.3, -0.25) is 0 Å². The van der Waals surface area contributed by atoms with E-state index in [-0.39, 0.29) is 12.4 Å². The summed E-state index contributed by atoms with van der Waals surface area (Å²) < 4.78 is 11.2. The van der Waals surface area contributed by atoms with Gasteiger partial charge in [0.1, 0.15) is 23.2 Å². The molecule has 4 aromatic carbocycles. The van der Waals surface area contributed by atoms with Crippen molar-refractivity contribution in [2.24, 2.45) is 0 Å². The smallest absolute Gasteiger partial charge is 0.231 e. The van der Waals surface area contributed by atoms with E-state index in [0.29, 0.717) is 6.79 Å². The summed E-state index contributed by atoms with van der Waals surface area (Å²) in [5, 5.41) is 4.15. The number of hydrogen-bond donors (Lipinski definition) is 0. The summed E-state index contributed by atoms with van der Waals surface area (Å²) in [6.45, 7) is 0.301. The molecule has 0 bridgehead atoms. The molecule has 0 amide bonds. The van der Waals surface area contributed by atoms with E-state index in [9.17, 15) is 0 Å². The summed E-state index contributed by atoms with van der Waals surface area (Å²) >= 11 is 0. The van der Waals surface area contributed by atoms with Crippen molar-refractivity contribution in [2.75, 3.05) is 6.79 Å². The fraction of sp³-hybridized carbons (Fsp3) is 0.0769. The number of fused-ring (bicyclic) bond motifs is 1. The van der Waals surface area contributed by atoms with Crippen LogP contribution in [0.1, 0.15) is 5.56 Å². The molecule has 0 saturated carbocycles. The van der Waals surface area contributed by atoms with Crippen molar-refractivity contribution in [1.82, 2.24) is 0 Å². The minimum Gasteiger partial charge on any atom is -0.454 e. The third kappa shape index (κ3) is 3.69. The number of rotatable bonds is 5. The van der Waals surface area contributed by atoms with E-state index < -0.39 is 7.26 Å². The molecule has 30 heavy (non-hydrogen) atoms. The Bertz CT molecular complexity index is 1010. The Morgan fingerprint density at radius 1 is 0.567 bits per heavy atom. The summed E-state index contributed by atoms with van der Waals surface area (Å²) in [6, 6.07) is 39.2. The van der Waals surface area contributed by atoms with Crippen molar-refractivity contribution in [2.45, 2.75) is 6.16 Å². The van der Waals surface area contributed by atoms with E-state index in [1.807, 2.05) is 6.07 Å². The van der Waals surface area contributed by atoms with Gasteiger partial charge in [0.05, 0.1) is 6.16 Å². The topological polar surface area (TPSA) is 18.5 Å². The second-order valence-electron chi connectivity index (χ2n) is 7.16. The normalized spacial score (nSPS) is 12.3. The Kier molecular flexibility index (Phi) is 6.08. The number of halogens is 1. The van der Waals surface area contributed by atoms with Crippen molar-refractivity contribution < 1.29 is 9.47 Å². The molecule has 0 aromatic heterocycles. The minimum atomic E-state index is -1.90. The molecule has 0 N–H and O–H groups in total. The Labute approximate surface area is 184 Å². The van der Waals surface area contributed by atoms with Crippen LogP contribution < -0.4 is 25.4 Å². The average Bonchev–Trinajstić information content (AvgIpc) is 3.27. The molecule has 4 heteroatoms. The molecule has 0 radical (unpaired) electrons. The molecule has 0 saturated heterocycles. The van der Waals surface area contributed by atoms with Gasteiger partial charge in [-0.25, -0.2) is 0 Å². The molecule has 1 heterocycles. The molecule has 1 aliphatic rings. The van der Waals surface area contributed by atoms with Crippen LogP contribution in [0.25, 0.3) is 0 Å². The lowest BCUT2D eigenvalue weighted by molar-refractivity contribution is 0.174. The monoisotopic (exact) mass is 433 g/mol. The molecule has 0 spiro atoms. The van der Waals surface area contributed by atoms with Gasteiger partial charge in [0.2, 0.25) is 6.79 Å². The van der Waals surface area contributed by atoms with Gasteiger partial charge in [-0.05, 0) is 54.1 Å². The quantitative estimate of drug-likeness (QED) is 0.396. The van der Waals surface area contributed by atoms with E-state index >= 15 is 0 Å². The molecular weight excluding hydrogens is 411 g/mol. The van der Waals surface area contributed by atoms with Gasteiger partial charge in [0, 0.05) is 0 Å². The van der Waals surface area contributed by atoms with Gasteiger partial charge < -0.3 is 9.47 Å². The SMILES string of the molecule is Cl.c1ccc([P+](Cc2ccc3c(c2)OCO3)(c2ccccc2)c2ccccc2)cc1. The third-order valence-corrected chi connectivity index (χ3v) is 9.83. The first-order valence-corrected chi connectivity index (χ1v) is 11.8. The highest BCUT2D eigenvalue weighted by Gasteiger charge is 2.45. The maximum Gasteiger partial charge on any atom is 0.231 e. The molecule has 2 nitrogen and oxygen atoms in total. The standard InChI is InChI=1S/C26H22O2P.ClH/c1-4-10-22(11-5-1)29(23-12-6-2-7-13-23,24-14-8-3-9-15-24)19-21-16-17-25-26(18-21)28-20-27-25;/h1-18H,19-20H2;1H/q+1;. The first-order chi connectivity index (χ1) is 14.4. The van der Waals surface area contributed by atoms with Crippen LogP contribution in [-0.4, -0.2) is 6.79 Å². The van der Waals surface area contributed by atoms with Crippen LogP contribution in [0.4, 0.5) is 0 Å². The minimum absolute atomic E-state index is 0. The molecular formula is C26H23ClO2P+. The maximum absolute atomic E-state index is 5.66. The number of hydrogen-bond acceptors (Lipinski definition) is 2. The fourth-order valence-electron chi connectivity index (χ4n) is 4.08. The van der Waals surface area contributed by atoms with Gasteiger partial charge in [-0.1, -0.05) is 60.7 Å². The predicted octanol–water partition coefficient (Wildman–Crippen LogP) is 5.33. The summed E-state index contributed by atoms with van der Waals surface area (Å²) in [5.74, 6) is 1.67. The third-order valence-electron chi connectivity index (χ3n) is 5.45. The van der Waals surface area contributed by atoms with Crippen LogP contribution >= 0.6 is 19.7 Å². The Morgan fingerprint density at radius 2 is 1.03 bits per heavy atom. The van der Waals surface area contributed by atoms with Crippen LogP contribution in [0.5, 0.6) is 11.5 Å². The molecule has 0 atom stereocenters. The Morgan fingerprint density at radius 3 is 1.53 bits per heavy atom. The zero-order chi connectivity index (χ0) is 19.5. The van der Waals surface area contributed by atoms with Gasteiger partial charge in [0.25, 0.3) is 0 Å². The van der Waals surface area contributed by atoms with Gasteiger partial charge >= 0.3 is 0 Å². The maximum atomic E-state index is 5.66. The van der Waals surface area contributed by atoms with Crippen molar-refractivity contribution in [3.63, 3.8) is 0 Å². The molecule has 0 fully saturated rings. The van der Waals surface area contributed by atoms with Crippen LogP contribution in [0.2, 0.25) is 0 Å². The number of ether oxygens (including phenoxy) is 2. The number of benzene rings is 4. The molecule has 0 unspecified atom stereocenters. The molecule has 4 aromatic rings. The van der Waals surface area contributed by atoms with E-state index in [1.54, 1.807) is 0 Å². The van der Waals surface area contributed by atoms with Gasteiger partial charge in [-0.2, -0.15) is 0 Å². The summed E-state index contributed by atoms with van der Waals surface area (Å²) in [7, 11) is -1.90. The van der Waals surface area contributed by atoms with Crippen molar-refractivity contribution in [3.8, 4) is 11.5 Å². The fourth-order valence-corrected chi connectivity index (χ4v) is 8.31. The second kappa shape index (κ2) is 8.92. The average molecular weight is 434 g/mol. The zero-order valence-corrected chi connectivity index (χ0v) is 18.2. The second-order valence-corrected chi connectivity index (χ2v) is 10.6. The highest BCUT2D eigenvalue weighted by molar-refractivity contribution is 7.95. The first kappa shape index (κ1) is 20.5. The summed E-state index contributed by atoms with van der Waals surface area (Å²) in [5.41, 5.74) is 1.26. The first-order valence-electron chi connectivity index (χ1n) is 9.80. The predicted molar refractivity (Wildman–Crippen MR) is 129 cm³/mol. The van der Waals surface area contributed by atoms with Gasteiger partial charge in [0.15, 0.2) is 11.5 Å². The van der Waals surface area contributed by atoms with Crippen molar-refractivity contribution >= 4 is 35.6 Å². The highest BCUT2D eigenvalue weighted by atomic mass is 35.5. The Hall–Kier alpha value is -2.80. The summed E-state index contributed by atoms with van der Waals surface area (Å²) in [6.07, 6.45) is 0.932. The van der Waals surface area contributed by atoms with E-state index in [1.165, 1.54) is 21.5 Å². The van der Waals surface area contributed by atoms with Crippen LogP contribution in [-0.2, 0) is 6.16 Å². The van der Waals surface area contributed by atoms with Crippen LogP contribution in [0.15, 0.2) is 109 Å². The van der Waals surface area contributed by atoms with Crippen molar-refractivity contribution in [1.29, 1.82) is 0 Å². The Balaban J connectivity index is 0.00000218. The van der Waals surface area contributed by atoms with Crippen LogP contribution in [0.3, 0.4) is 0 Å². The van der Waals surface area contributed by atoms with Crippen LogP contribution in [0, 0.1) is 0 Å². The van der Waals surface area contributed by atoms with Crippen molar-refractivity contribution in [3.05, 3.63) is 115 Å². The lowest BCUT2D eigenvalue weighted by Crippen LogP contribution is -2.32. The van der Waals surface area contributed by atoms with E-state index in [2.05, 4.69) is 103 Å². The molecule has 5 rings (SSSR count). The lowest BCUT2D eigenvalue weighted by Gasteiger charge is -2.27. The van der Waals surface area contributed by atoms with Gasteiger partial charge in [-0.15, -0.1) is 12.4 Å². The van der Waals surface area contributed by atoms with E-state index in [4.69, 9.17) is 9.47 Å². The summed E-state index contributed by atoms with van der Waals surface area (Å²) in [4.78, 5) is 0. The molecule has 0 aliphatic carbocycles. The lowest BCUT2D eigenvalue weighted by atomic mass is 10.2. The largest absolute Gasteiger partial charge is 0.454 e. The molecule has 1 aliphatic heterocycles. The molecule has 150 valence electrons. The van der Waals surface area contributed by atoms with E-state index in [0.717, 1.165) is 17.7 Å².